The Labute approximate surface area is 171 Å². The van der Waals surface area contributed by atoms with Crippen LogP contribution in [0.15, 0.2) is 42.7 Å². The average Bonchev–Trinajstić information content (AvgIpc) is 3.10. The number of benzene rings is 1. The average molecular weight is 393 g/mol. The SMILES string of the molecule is CCCCCc1nc(CCC)n(Cc2ccc(-c3ccncc3C(=O)O)cc2)n1. The third-order valence-corrected chi connectivity index (χ3v) is 4.92. The number of hydrogen-bond donors (Lipinski definition) is 1. The third kappa shape index (κ3) is 5.28. The number of nitrogens with zero attached hydrogens (tertiary/aromatic N) is 4. The molecule has 0 aliphatic carbocycles. The number of carboxylic acid groups (broad SMARTS) is 1. The van der Waals surface area contributed by atoms with Crippen molar-refractivity contribution in [3.63, 3.8) is 0 Å². The molecule has 0 saturated heterocycles. The normalized spacial score (nSPS) is 11.0. The van der Waals surface area contributed by atoms with Gasteiger partial charge in [0.15, 0.2) is 5.82 Å². The van der Waals surface area contributed by atoms with Crippen LogP contribution in [0, 0.1) is 0 Å². The van der Waals surface area contributed by atoms with E-state index in [4.69, 9.17) is 10.1 Å². The van der Waals surface area contributed by atoms with E-state index in [1.165, 1.54) is 19.0 Å². The molecule has 0 atom stereocenters. The van der Waals surface area contributed by atoms with Gasteiger partial charge < -0.3 is 5.11 Å². The van der Waals surface area contributed by atoms with Gasteiger partial charge in [-0.1, -0.05) is 51.0 Å². The lowest BCUT2D eigenvalue weighted by molar-refractivity contribution is 0.0697. The first-order valence-electron chi connectivity index (χ1n) is 10.3. The smallest absolute Gasteiger partial charge is 0.337 e. The molecule has 0 aliphatic rings. The van der Waals surface area contributed by atoms with Crippen LogP contribution < -0.4 is 0 Å². The summed E-state index contributed by atoms with van der Waals surface area (Å²) in [6, 6.07) is 9.69. The molecule has 3 aromatic rings. The highest BCUT2D eigenvalue weighted by molar-refractivity contribution is 5.95. The first-order chi connectivity index (χ1) is 14.1. The number of aromatic nitrogens is 4. The summed E-state index contributed by atoms with van der Waals surface area (Å²) >= 11 is 0. The van der Waals surface area contributed by atoms with Crippen LogP contribution in [0.3, 0.4) is 0 Å². The molecular weight excluding hydrogens is 364 g/mol. The van der Waals surface area contributed by atoms with E-state index in [-0.39, 0.29) is 5.56 Å². The second kappa shape index (κ2) is 9.96. The summed E-state index contributed by atoms with van der Waals surface area (Å²) in [6.07, 6.45) is 9.39. The zero-order chi connectivity index (χ0) is 20.6. The quantitative estimate of drug-likeness (QED) is 0.503. The zero-order valence-electron chi connectivity index (χ0n) is 17.1. The minimum absolute atomic E-state index is 0.207. The number of carbonyl (C=O) groups is 1. The maximum Gasteiger partial charge on any atom is 0.337 e. The number of aryl methyl sites for hydroxylation is 2. The lowest BCUT2D eigenvalue weighted by atomic mass is 10.0. The van der Waals surface area contributed by atoms with E-state index in [0.29, 0.717) is 12.1 Å². The predicted molar refractivity (Wildman–Crippen MR) is 113 cm³/mol. The van der Waals surface area contributed by atoms with Crippen LogP contribution in [0.4, 0.5) is 0 Å². The topological polar surface area (TPSA) is 80.9 Å². The number of hydrogen-bond acceptors (Lipinski definition) is 4. The van der Waals surface area contributed by atoms with E-state index in [0.717, 1.165) is 48.5 Å². The fourth-order valence-corrected chi connectivity index (χ4v) is 3.38. The molecule has 29 heavy (non-hydrogen) atoms. The van der Waals surface area contributed by atoms with Crippen molar-refractivity contribution in [1.29, 1.82) is 0 Å². The Balaban J connectivity index is 1.78. The van der Waals surface area contributed by atoms with Crippen molar-refractivity contribution in [2.45, 2.75) is 58.9 Å². The molecule has 0 aliphatic heterocycles. The molecule has 2 heterocycles. The molecule has 0 radical (unpaired) electrons. The Hall–Kier alpha value is -3.02. The van der Waals surface area contributed by atoms with Crippen molar-refractivity contribution in [2.24, 2.45) is 0 Å². The summed E-state index contributed by atoms with van der Waals surface area (Å²) in [4.78, 5) is 20.1. The van der Waals surface area contributed by atoms with Gasteiger partial charge in [0.1, 0.15) is 5.82 Å². The molecule has 6 heteroatoms. The van der Waals surface area contributed by atoms with Gasteiger partial charge in [-0.25, -0.2) is 14.5 Å². The molecule has 0 spiro atoms. The molecule has 0 saturated carbocycles. The Morgan fingerprint density at radius 3 is 2.52 bits per heavy atom. The lowest BCUT2D eigenvalue weighted by Gasteiger charge is -2.08. The third-order valence-electron chi connectivity index (χ3n) is 4.92. The molecule has 2 aromatic heterocycles. The highest BCUT2D eigenvalue weighted by Crippen LogP contribution is 2.23. The van der Waals surface area contributed by atoms with E-state index >= 15 is 0 Å². The molecule has 1 aromatic carbocycles. The maximum atomic E-state index is 11.4. The van der Waals surface area contributed by atoms with Crippen molar-refractivity contribution >= 4 is 5.97 Å². The summed E-state index contributed by atoms with van der Waals surface area (Å²) in [7, 11) is 0. The van der Waals surface area contributed by atoms with E-state index in [1.807, 2.05) is 28.9 Å². The van der Waals surface area contributed by atoms with Crippen molar-refractivity contribution in [2.75, 3.05) is 0 Å². The molecule has 3 rings (SSSR count). The van der Waals surface area contributed by atoms with Crippen molar-refractivity contribution in [3.8, 4) is 11.1 Å². The maximum absolute atomic E-state index is 11.4. The second-order valence-corrected chi connectivity index (χ2v) is 7.23. The second-order valence-electron chi connectivity index (χ2n) is 7.23. The van der Waals surface area contributed by atoms with Crippen LogP contribution in [0.5, 0.6) is 0 Å². The fraction of sp³-hybridized carbons (Fsp3) is 0.391. The molecule has 6 nitrogen and oxygen atoms in total. The van der Waals surface area contributed by atoms with Gasteiger partial charge in [-0.15, -0.1) is 0 Å². The van der Waals surface area contributed by atoms with Gasteiger partial charge in [-0.2, -0.15) is 5.10 Å². The van der Waals surface area contributed by atoms with Crippen molar-refractivity contribution in [1.82, 2.24) is 19.7 Å². The minimum Gasteiger partial charge on any atom is -0.478 e. The molecule has 0 bridgehead atoms. The Bertz CT molecular complexity index is 948. The van der Waals surface area contributed by atoms with E-state index < -0.39 is 5.97 Å². The van der Waals surface area contributed by atoms with Crippen LogP contribution in [0.25, 0.3) is 11.1 Å². The van der Waals surface area contributed by atoms with Gasteiger partial charge in [-0.3, -0.25) is 4.98 Å². The van der Waals surface area contributed by atoms with E-state index in [2.05, 4.69) is 18.8 Å². The summed E-state index contributed by atoms with van der Waals surface area (Å²) in [5.74, 6) is 0.992. The molecule has 0 fully saturated rings. The van der Waals surface area contributed by atoms with Crippen LogP contribution in [-0.4, -0.2) is 30.8 Å². The predicted octanol–water partition coefficient (Wildman–Crippen LogP) is 4.77. The zero-order valence-corrected chi connectivity index (χ0v) is 17.1. The van der Waals surface area contributed by atoms with Gasteiger partial charge in [0, 0.05) is 25.2 Å². The number of unbranched alkanes of at least 4 members (excludes halogenated alkanes) is 2. The highest BCUT2D eigenvalue weighted by atomic mass is 16.4. The Morgan fingerprint density at radius 1 is 1.03 bits per heavy atom. The van der Waals surface area contributed by atoms with Crippen LogP contribution in [0.2, 0.25) is 0 Å². The number of carboxylic acids is 1. The molecule has 152 valence electrons. The summed E-state index contributed by atoms with van der Waals surface area (Å²) in [5.41, 5.74) is 2.85. The fourth-order valence-electron chi connectivity index (χ4n) is 3.38. The van der Waals surface area contributed by atoms with Gasteiger partial charge in [0.2, 0.25) is 0 Å². The standard InChI is InChI=1S/C23H28N4O2/c1-3-5-6-8-21-25-22(7-4-2)27(26-21)16-17-9-11-18(12-10-17)19-13-14-24-15-20(19)23(28)29/h9-15H,3-8,16H2,1-2H3,(H,28,29). The first-order valence-corrected chi connectivity index (χ1v) is 10.3. The van der Waals surface area contributed by atoms with Gasteiger partial charge in [-0.05, 0) is 35.6 Å². The minimum atomic E-state index is -0.973. The number of aromatic carboxylic acids is 1. The van der Waals surface area contributed by atoms with Crippen LogP contribution in [-0.2, 0) is 19.4 Å². The first kappa shape index (κ1) is 20.7. The monoisotopic (exact) mass is 392 g/mol. The summed E-state index contributed by atoms with van der Waals surface area (Å²) in [6.45, 7) is 5.02. The van der Waals surface area contributed by atoms with Gasteiger partial charge >= 0.3 is 5.97 Å². The van der Waals surface area contributed by atoms with E-state index in [9.17, 15) is 9.90 Å². The molecular formula is C23H28N4O2. The molecule has 0 unspecified atom stereocenters. The lowest BCUT2D eigenvalue weighted by Crippen LogP contribution is -2.07. The number of pyridine rings is 1. The number of rotatable bonds is 10. The van der Waals surface area contributed by atoms with Gasteiger partial charge in [0.05, 0.1) is 12.1 Å². The molecule has 0 amide bonds. The largest absolute Gasteiger partial charge is 0.478 e. The van der Waals surface area contributed by atoms with Gasteiger partial charge in [0.25, 0.3) is 0 Å². The van der Waals surface area contributed by atoms with E-state index in [1.54, 1.807) is 12.3 Å². The van der Waals surface area contributed by atoms with Crippen molar-refractivity contribution in [3.05, 3.63) is 65.5 Å². The van der Waals surface area contributed by atoms with Crippen molar-refractivity contribution < 1.29 is 9.90 Å². The Morgan fingerprint density at radius 2 is 1.83 bits per heavy atom. The summed E-state index contributed by atoms with van der Waals surface area (Å²) in [5, 5.41) is 14.1. The Kier molecular flexibility index (Phi) is 7.11. The molecule has 1 N–H and O–H groups in total. The summed E-state index contributed by atoms with van der Waals surface area (Å²) < 4.78 is 2.01. The van der Waals surface area contributed by atoms with Crippen LogP contribution in [0.1, 0.15) is 67.1 Å². The highest BCUT2D eigenvalue weighted by Gasteiger charge is 2.13. The van der Waals surface area contributed by atoms with Crippen LogP contribution >= 0.6 is 0 Å².